The van der Waals surface area contributed by atoms with E-state index in [1.54, 1.807) is 0 Å². The van der Waals surface area contributed by atoms with Crippen LogP contribution >= 0.6 is 0 Å². The number of aliphatic hydroxyl groups excluding tert-OH is 1. The summed E-state index contributed by atoms with van der Waals surface area (Å²) < 4.78 is 5.30. The molecule has 1 fully saturated rings. The zero-order valence-electron chi connectivity index (χ0n) is 13.2. The molecule has 21 heavy (non-hydrogen) atoms. The van der Waals surface area contributed by atoms with E-state index in [-0.39, 0.29) is 24.0 Å². The quantitative estimate of drug-likeness (QED) is 0.841. The summed E-state index contributed by atoms with van der Waals surface area (Å²) in [6.45, 7) is 6.17. The summed E-state index contributed by atoms with van der Waals surface area (Å²) in [5.74, 6) is 0.799. The lowest BCUT2D eigenvalue weighted by atomic mass is 9.85. The van der Waals surface area contributed by atoms with E-state index in [4.69, 9.17) is 4.52 Å². The number of hydrogen-bond donors (Lipinski definition) is 2. The average molecular weight is 294 g/mol. The normalized spacial score (nSPS) is 25.2. The third-order valence-corrected chi connectivity index (χ3v) is 4.72. The molecule has 1 aliphatic carbocycles. The maximum atomic E-state index is 12.3. The van der Waals surface area contributed by atoms with Crippen LogP contribution in [0.4, 0.5) is 0 Å². The molecule has 2 unspecified atom stereocenters. The minimum absolute atomic E-state index is 0.00539. The lowest BCUT2D eigenvalue weighted by Crippen LogP contribution is -2.45. The fourth-order valence-corrected chi connectivity index (χ4v) is 3.21. The Balaban J connectivity index is 2.04. The predicted molar refractivity (Wildman–Crippen MR) is 79.9 cm³/mol. The van der Waals surface area contributed by atoms with Crippen LogP contribution < -0.4 is 5.32 Å². The highest BCUT2D eigenvalue weighted by atomic mass is 16.5. The number of hydrogen-bond acceptors (Lipinski definition) is 4. The molecule has 0 spiro atoms. The Bertz CT molecular complexity index is 476. The van der Waals surface area contributed by atoms with Gasteiger partial charge in [-0.25, -0.2) is 0 Å². The molecule has 1 heterocycles. The van der Waals surface area contributed by atoms with E-state index in [2.05, 4.69) is 10.5 Å². The number of carbonyl (C=O) groups excluding carboxylic acids is 1. The van der Waals surface area contributed by atoms with E-state index in [1.807, 2.05) is 20.8 Å². The van der Waals surface area contributed by atoms with Crippen molar-refractivity contribution >= 4 is 5.91 Å². The molecule has 0 bridgehead atoms. The van der Waals surface area contributed by atoms with Crippen molar-refractivity contribution < 1.29 is 14.4 Å². The maximum absolute atomic E-state index is 12.3. The van der Waals surface area contributed by atoms with Crippen molar-refractivity contribution in [1.82, 2.24) is 10.5 Å². The van der Waals surface area contributed by atoms with E-state index in [0.29, 0.717) is 6.42 Å². The topological polar surface area (TPSA) is 75.4 Å². The number of nitrogens with one attached hydrogen (secondary N) is 1. The molecule has 5 heteroatoms. The van der Waals surface area contributed by atoms with E-state index < -0.39 is 0 Å². The minimum atomic E-state index is -0.189. The van der Waals surface area contributed by atoms with Gasteiger partial charge in [-0.1, -0.05) is 32.3 Å². The van der Waals surface area contributed by atoms with Crippen molar-refractivity contribution in [3.63, 3.8) is 0 Å². The van der Waals surface area contributed by atoms with Gasteiger partial charge in [-0.05, 0) is 19.3 Å². The third kappa shape index (κ3) is 3.28. The highest BCUT2D eigenvalue weighted by Gasteiger charge is 2.39. The zero-order chi connectivity index (χ0) is 15.5. The summed E-state index contributed by atoms with van der Waals surface area (Å²) >= 11 is 0. The summed E-state index contributed by atoms with van der Waals surface area (Å²) in [5.41, 5.74) is 1.62. The van der Waals surface area contributed by atoms with Crippen LogP contribution in [0.1, 0.15) is 57.1 Å². The van der Waals surface area contributed by atoms with Crippen LogP contribution in [0.25, 0.3) is 0 Å². The molecule has 1 aromatic rings. The minimum Gasteiger partial charge on any atom is -0.396 e. The molecule has 2 atom stereocenters. The number of aryl methyl sites for hydroxylation is 2. The molecule has 1 saturated carbocycles. The number of amides is 1. The highest BCUT2D eigenvalue weighted by molar-refractivity contribution is 5.79. The van der Waals surface area contributed by atoms with E-state index in [9.17, 15) is 9.90 Å². The van der Waals surface area contributed by atoms with Crippen LogP contribution in [0.5, 0.6) is 0 Å². The molecule has 118 valence electrons. The van der Waals surface area contributed by atoms with Gasteiger partial charge in [0.2, 0.25) is 5.91 Å². The molecule has 0 aromatic carbocycles. The number of rotatable bonds is 6. The first-order chi connectivity index (χ1) is 10.0. The Kier molecular flexibility index (Phi) is 5.04. The van der Waals surface area contributed by atoms with Crippen LogP contribution in [0.15, 0.2) is 4.52 Å². The van der Waals surface area contributed by atoms with Gasteiger partial charge in [0.05, 0.1) is 18.7 Å². The molecule has 0 radical (unpaired) electrons. The average Bonchev–Trinajstić information content (AvgIpc) is 3.03. The summed E-state index contributed by atoms with van der Waals surface area (Å²) in [4.78, 5) is 12.3. The third-order valence-electron chi connectivity index (χ3n) is 4.72. The second kappa shape index (κ2) is 6.60. The van der Waals surface area contributed by atoms with E-state index in [0.717, 1.165) is 49.1 Å². The van der Waals surface area contributed by atoms with Gasteiger partial charge in [0.25, 0.3) is 0 Å². The summed E-state index contributed by atoms with van der Waals surface area (Å²) in [5, 5.41) is 16.7. The first-order valence-corrected chi connectivity index (χ1v) is 7.90. The largest absolute Gasteiger partial charge is 0.396 e. The lowest BCUT2D eigenvalue weighted by molar-refractivity contribution is -0.122. The zero-order valence-corrected chi connectivity index (χ0v) is 13.2. The standard InChI is InChI=1S/C16H26N2O3/c1-4-12-11(13(5-2)21-18-12)9-15(20)17-14-7-6-8-16(14,3)10-19/h14,19H,4-10H2,1-3H3,(H,17,20). The van der Waals surface area contributed by atoms with Crippen molar-refractivity contribution in [2.75, 3.05) is 6.61 Å². The van der Waals surface area contributed by atoms with Gasteiger partial charge in [-0.2, -0.15) is 0 Å². The summed E-state index contributed by atoms with van der Waals surface area (Å²) in [6.07, 6.45) is 4.77. The fourth-order valence-electron chi connectivity index (χ4n) is 3.21. The van der Waals surface area contributed by atoms with Crippen molar-refractivity contribution in [2.45, 2.75) is 65.3 Å². The van der Waals surface area contributed by atoms with E-state index >= 15 is 0 Å². The number of carbonyl (C=O) groups is 1. The Hall–Kier alpha value is -1.36. The van der Waals surface area contributed by atoms with Gasteiger partial charge >= 0.3 is 0 Å². The molecule has 2 N–H and O–H groups in total. The molecule has 0 aliphatic heterocycles. The van der Waals surface area contributed by atoms with Crippen molar-refractivity contribution in [2.24, 2.45) is 5.41 Å². The maximum Gasteiger partial charge on any atom is 0.224 e. The van der Waals surface area contributed by atoms with Crippen molar-refractivity contribution in [3.05, 3.63) is 17.0 Å². The van der Waals surface area contributed by atoms with Gasteiger partial charge in [-0.3, -0.25) is 4.79 Å². The first-order valence-electron chi connectivity index (χ1n) is 7.90. The molecular weight excluding hydrogens is 268 g/mol. The molecule has 0 saturated heterocycles. The predicted octanol–water partition coefficient (Wildman–Crippen LogP) is 2.01. The first kappa shape index (κ1) is 16.0. The molecule has 1 amide bonds. The van der Waals surface area contributed by atoms with Crippen LogP contribution in [0, 0.1) is 5.41 Å². The van der Waals surface area contributed by atoms with Crippen LogP contribution in [0.3, 0.4) is 0 Å². The van der Waals surface area contributed by atoms with Crippen molar-refractivity contribution in [3.8, 4) is 0 Å². The number of nitrogens with zero attached hydrogens (tertiary/aromatic N) is 1. The van der Waals surface area contributed by atoms with Gasteiger partial charge in [0.1, 0.15) is 5.76 Å². The Morgan fingerprint density at radius 3 is 2.86 bits per heavy atom. The monoisotopic (exact) mass is 294 g/mol. The lowest BCUT2D eigenvalue weighted by Gasteiger charge is -2.30. The van der Waals surface area contributed by atoms with Crippen LogP contribution in [-0.2, 0) is 24.1 Å². The molecule has 5 nitrogen and oxygen atoms in total. The Labute approximate surface area is 126 Å². The molecule has 1 aliphatic rings. The van der Waals surface area contributed by atoms with Crippen LogP contribution in [0.2, 0.25) is 0 Å². The Morgan fingerprint density at radius 1 is 1.48 bits per heavy atom. The van der Waals surface area contributed by atoms with E-state index in [1.165, 1.54) is 0 Å². The highest BCUT2D eigenvalue weighted by Crippen LogP contribution is 2.37. The summed E-state index contributed by atoms with van der Waals surface area (Å²) in [7, 11) is 0. The Morgan fingerprint density at radius 2 is 2.24 bits per heavy atom. The van der Waals surface area contributed by atoms with Gasteiger partial charge in [0, 0.05) is 23.4 Å². The van der Waals surface area contributed by atoms with Crippen LogP contribution in [-0.4, -0.2) is 28.8 Å². The second-order valence-electron chi connectivity index (χ2n) is 6.24. The van der Waals surface area contributed by atoms with Crippen molar-refractivity contribution in [1.29, 1.82) is 0 Å². The van der Waals surface area contributed by atoms with Gasteiger partial charge in [0.15, 0.2) is 0 Å². The van der Waals surface area contributed by atoms with Gasteiger partial charge in [-0.15, -0.1) is 0 Å². The molecular formula is C16H26N2O3. The number of aromatic nitrogens is 1. The summed E-state index contributed by atoms with van der Waals surface area (Å²) in [6, 6.07) is 0.0602. The number of aliphatic hydroxyl groups is 1. The SMILES string of the molecule is CCc1noc(CC)c1CC(=O)NC1CCCC1(C)CO. The fraction of sp³-hybridized carbons (Fsp3) is 0.750. The molecule has 1 aromatic heterocycles. The molecule has 2 rings (SSSR count). The second-order valence-corrected chi connectivity index (χ2v) is 6.24. The van der Waals surface area contributed by atoms with Gasteiger partial charge < -0.3 is 14.9 Å². The smallest absolute Gasteiger partial charge is 0.224 e.